The normalized spacial score (nSPS) is 16.4. The Balaban J connectivity index is 1.43. The second-order valence-electron chi connectivity index (χ2n) is 10.6. The van der Waals surface area contributed by atoms with Crippen molar-refractivity contribution < 1.29 is 0 Å². The first-order valence-electron chi connectivity index (χ1n) is 14.1. The van der Waals surface area contributed by atoms with Crippen LogP contribution in [0.1, 0.15) is 5.56 Å². The van der Waals surface area contributed by atoms with Crippen molar-refractivity contribution in [2.75, 3.05) is 0 Å². The Bertz CT molecular complexity index is 2320. The van der Waals surface area contributed by atoms with Crippen LogP contribution in [0.15, 0.2) is 136 Å². The predicted octanol–water partition coefficient (Wildman–Crippen LogP) is 7.66. The molecule has 4 heterocycles. The van der Waals surface area contributed by atoms with Gasteiger partial charge in [-0.2, -0.15) is 0 Å². The van der Waals surface area contributed by atoms with Gasteiger partial charge in [0.15, 0.2) is 12.0 Å². The van der Waals surface area contributed by atoms with Crippen LogP contribution < -0.4 is 5.32 Å². The summed E-state index contributed by atoms with van der Waals surface area (Å²) in [5, 5.41) is 8.48. The first-order valence-corrected chi connectivity index (χ1v) is 14.1. The van der Waals surface area contributed by atoms with E-state index in [9.17, 15) is 0 Å². The number of aliphatic imine (C=N–C) groups is 3. The maximum Gasteiger partial charge on any atom is 0.180 e. The molecule has 6 nitrogen and oxygen atoms in total. The largest absolute Gasteiger partial charge is 0.342 e. The second-order valence-corrected chi connectivity index (χ2v) is 10.6. The SMILES string of the molecule is C1=NC2=NC(c3ccccc3)=C(n3c4ccccc4c4cc5c(cc43)c3ccccc3n5-c3ccccc3)NC2N=C1. The summed E-state index contributed by atoms with van der Waals surface area (Å²) in [6, 6.07) is 42.8. The predicted molar refractivity (Wildman–Crippen MR) is 175 cm³/mol. The summed E-state index contributed by atoms with van der Waals surface area (Å²) in [5.74, 6) is 1.55. The lowest BCUT2D eigenvalue weighted by atomic mass is 10.1. The zero-order valence-electron chi connectivity index (χ0n) is 22.5. The smallest absolute Gasteiger partial charge is 0.180 e. The topological polar surface area (TPSA) is 59.0 Å². The van der Waals surface area contributed by atoms with Gasteiger partial charge in [0, 0.05) is 45.2 Å². The number of para-hydroxylation sites is 3. The molecule has 42 heavy (non-hydrogen) atoms. The van der Waals surface area contributed by atoms with Crippen LogP contribution in [0, 0.1) is 0 Å². The Hall–Kier alpha value is -5.75. The number of hydrogen-bond acceptors (Lipinski definition) is 4. The van der Waals surface area contributed by atoms with E-state index in [1.807, 2.05) is 18.2 Å². The third-order valence-electron chi connectivity index (χ3n) is 8.23. The molecule has 2 aliphatic rings. The number of nitrogens with one attached hydrogen (secondary N) is 1. The lowest BCUT2D eigenvalue weighted by molar-refractivity contribution is 0.748. The molecule has 0 aliphatic carbocycles. The number of amidine groups is 1. The number of benzene rings is 5. The molecule has 0 fully saturated rings. The average Bonchev–Trinajstić information content (AvgIpc) is 3.56. The van der Waals surface area contributed by atoms with Crippen molar-refractivity contribution >= 4 is 73.4 Å². The van der Waals surface area contributed by atoms with Crippen molar-refractivity contribution in [3.63, 3.8) is 0 Å². The Morgan fingerprint density at radius 1 is 0.548 bits per heavy atom. The average molecular weight is 541 g/mol. The molecule has 0 saturated carbocycles. The highest BCUT2D eigenvalue weighted by Crippen LogP contribution is 2.40. The summed E-state index contributed by atoms with van der Waals surface area (Å²) in [4.78, 5) is 14.3. The summed E-state index contributed by atoms with van der Waals surface area (Å²) < 4.78 is 4.68. The third-order valence-corrected chi connectivity index (χ3v) is 8.23. The molecule has 0 saturated heterocycles. The van der Waals surface area contributed by atoms with Gasteiger partial charge in [0.25, 0.3) is 0 Å². The van der Waals surface area contributed by atoms with Crippen LogP contribution in [0.5, 0.6) is 0 Å². The van der Waals surface area contributed by atoms with Crippen LogP contribution in [0.3, 0.4) is 0 Å². The van der Waals surface area contributed by atoms with Crippen LogP contribution in [0.4, 0.5) is 0 Å². The van der Waals surface area contributed by atoms with E-state index >= 15 is 0 Å². The van der Waals surface area contributed by atoms with Crippen molar-refractivity contribution in [1.82, 2.24) is 14.5 Å². The fourth-order valence-corrected chi connectivity index (χ4v) is 6.42. The minimum Gasteiger partial charge on any atom is -0.342 e. The molecule has 0 bridgehead atoms. The van der Waals surface area contributed by atoms with Crippen molar-refractivity contribution in [2.24, 2.45) is 15.0 Å². The molecule has 9 rings (SSSR count). The highest BCUT2D eigenvalue weighted by Gasteiger charge is 2.28. The van der Waals surface area contributed by atoms with Crippen LogP contribution in [-0.2, 0) is 0 Å². The zero-order valence-corrected chi connectivity index (χ0v) is 22.5. The molecule has 1 atom stereocenters. The Labute approximate surface area is 241 Å². The minimum atomic E-state index is -0.350. The van der Waals surface area contributed by atoms with Gasteiger partial charge >= 0.3 is 0 Å². The van der Waals surface area contributed by atoms with Gasteiger partial charge in [-0.25, -0.2) is 9.98 Å². The van der Waals surface area contributed by atoms with Gasteiger partial charge in [0.2, 0.25) is 0 Å². The Morgan fingerprint density at radius 2 is 1.14 bits per heavy atom. The fourth-order valence-electron chi connectivity index (χ4n) is 6.42. The summed E-state index contributed by atoms with van der Waals surface area (Å²) >= 11 is 0. The van der Waals surface area contributed by atoms with Crippen molar-refractivity contribution in [3.8, 4) is 5.69 Å². The van der Waals surface area contributed by atoms with E-state index in [1.165, 1.54) is 32.6 Å². The third kappa shape index (κ3) is 3.29. The maximum atomic E-state index is 5.08. The van der Waals surface area contributed by atoms with Gasteiger partial charge in [0.1, 0.15) is 11.5 Å². The van der Waals surface area contributed by atoms with Crippen molar-refractivity contribution in [3.05, 3.63) is 127 Å². The van der Waals surface area contributed by atoms with E-state index in [4.69, 9.17) is 4.99 Å². The zero-order chi connectivity index (χ0) is 27.6. The van der Waals surface area contributed by atoms with E-state index in [0.717, 1.165) is 33.8 Å². The van der Waals surface area contributed by atoms with Gasteiger partial charge in [-0.05, 0) is 36.4 Å². The van der Waals surface area contributed by atoms with Crippen LogP contribution >= 0.6 is 0 Å². The number of hydrogen-bond donors (Lipinski definition) is 1. The van der Waals surface area contributed by atoms with E-state index in [0.29, 0.717) is 5.84 Å². The lowest BCUT2D eigenvalue weighted by Gasteiger charge is -2.27. The molecule has 7 aromatic rings. The van der Waals surface area contributed by atoms with Crippen LogP contribution in [0.2, 0.25) is 0 Å². The van der Waals surface area contributed by atoms with Gasteiger partial charge in [-0.1, -0.05) is 84.9 Å². The molecular formula is C36H24N6. The van der Waals surface area contributed by atoms with Crippen LogP contribution in [-0.4, -0.2) is 33.6 Å². The summed E-state index contributed by atoms with van der Waals surface area (Å²) in [6.45, 7) is 0. The quantitative estimate of drug-likeness (QED) is 0.246. The highest BCUT2D eigenvalue weighted by atomic mass is 15.3. The molecule has 2 aliphatic heterocycles. The standard InChI is InChI=1S/C36H24N6/c1-3-11-23(12-4-1)33-36(40-35-34(39-33)37-19-20-38-35)42-30-18-10-8-16-26(30)28-21-31-27(22-32(28)42)25-15-7-9-17-29(25)41(31)24-13-5-2-6-14-24/h1-22,35,40H. The van der Waals surface area contributed by atoms with E-state index in [-0.39, 0.29) is 6.17 Å². The lowest BCUT2D eigenvalue weighted by Crippen LogP contribution is -2.39. The van der Waals surface area contributed by atoms with Crippen molar-refractivity contribution in [1.29, 1.82) is 0 Å². The Kier molecular flexibility index (Phi) is 4.86. The number of aromatic nitrogens is 2. The van der Waals surface area contributed by atoms with E-state index in [2.05, 4.69) is 128 Å². The van der Waals surface area contributed by atoms with E-state index in [1.54, 1.807) is 12.4 Å². The number of rotatable bonds is 3. The molecule has 2 aromatic heterocycles. The van der Waals surface area contributed by atoms with E-state index < -0.39 is 0 Å². The molecule has 6 heteroatoms. The molecule has 1 unspecified atom stereocenters. The maximum absolute atomic E-state index is 5.08. The second kappa shape index (κ2) is 8.88. The molecule has 5 aromatic carbocycles. The van der Waals surface area contributed by atoms with Gasteiger partial charge in [-0.3, -0.25) is 9.56 Å². The molecule has 0 spiro atoms. The molecule has 0 radical (unpaired) electrons. The van der Waals surface area contributed by atoms with Gasteiger partial charge in [0.05, 0.1) is 22.1 Å². The monoisotopic (exact) mass is 540 g/mol. The number of fused-ring (bicyclic) bond motifs is 7. The minimum absolute atomic E-state index is 0.350. The van der Waals surface area contributed by atoms with Crippen LogP contribution in [0.25, 0.3) is 60.8 Å². The molecule has 1 N–H and O–H groups in total. The summed E-state index contributed by atoms with van der Waals surface area (Å²) in [6.07, 6.45) is 3.08. The Morgan fingerprint density at radius 3 is 1.86 bits per heavy atom. The van der Waals surface area contributed by atoms with Crippen molar-refractivity contribution in [2.45, 2.75) is 6.17 Å². The first kappa shape index (κ1) is 23.0. The molecule has 198 valence electrons. The first-order chi connectivity index (χ1) is 20.8. The van der Waals surface area contributed by atoms with Gasteiger partial charge < -0.3 is 9.88 Å². The highest BCUT2D eigenvalue weighted by molar-refractivity contribution is 6.24. The summed E-state index contributed by atoms with van der Waals surface area (Å²) in [5.41, 5.74) is 7.58. The van der Waals surface area contributed by atoms with Gasteiger partial charge in [-0.15, -0.1) is 0 Å². The molecular weight excluding hydrogens is 516 g/mol. The fraction of sp³-hybridized carbons (Fsp3) is 0.0278. The molecule has 0 amide bonds. The number of nitrogens with zero attached hydrogens (tertiary/aromatic N) is 5. The summed E-state index contributed by atoms with van der Waals surface area (Å²) in [7, 11) is 0.